The minimum atomic E-state index is -4.12. The lowest BCUT2D eigenvalue weighted by atomic mass is 10.0. The number of ether oxygens (including phenoxy) is 1. The highest BCUT2D eigenvalue weighted by Gasteiger charge is 2.48. The molecule has 1 aromatic rings. The molecule has 0 saturated heterocycles. The van der Waals surface area contributed by atoms with Crippen LogP contribution in [0.15, 0.2) is 24.3 Å². The van der Waals surface area contributed by atoms with Crippen LogP contribution in [0.25, 0.3) is 0 Å². The van der Waals surface area contributed by atoms with E-state index in [1.54, 1.807) is 6.92 Å². The summed E-state index contributed by atoms with van der Waals surface area (Å²) in [4.78, 5) is 0. The van der Waals surface area contributed by atoms with Crippen LogP contribution < -0.4 is 10.1 Å². The van der Waals surface area contributed by atoms with E-state index < -0.39 is 18.4 Å². The minimum absolute atomic E-state index is 0.0891. The van der Waals surface area contributed by atoms with Gasteiger partial charge in [-0.3, -0.25) is 0 Å². The lowest BCUT2D eigenvalue weighted by Gasteiger charge is -2.26. The van der Waals surface area contributed by atoms with Gasteiger partial charge in [0.05, 0.1) is 6.61 Å². The number of hydrogen-bond acceptors (Lipinski definition) is 2. The molecule has 6 heteroatoms. The van der Waals surface area contributed by atoms with Crippen molar-refractivity contribution in [3.63, 3.8) is 0 Å². The minimum Gasteiger partial charge on any atom is -0.494 e. The van der Waals surface area contributed by atoms with Gasteiger partial charge in [0, 0.05) is 0 Å². The quantitative estimate of drug-likeness (QED) is 0.797. The highest BCUT2D eigenvalue weighted by molar-refractivity contribution is 5.30. The molecule has 0 spiro atoms. The van der Waals surface area contributed by atoms with Crippen LogP contribution in [0.2, 0.25) is 0 Å². The lowest BCUT2D eigenvalue weighted by Crippen LogP contribution is -2.41. The lowest BCUT2D eigenvalue weighted by molar-refractivity contribution is -0.150. The van der Waals surface area contributed by atoms with E-state index in [1.165, 1.54) is 31.3 Å². The molecular weight excluding hydrogens is 250 g/mol. The molecular formula is C12H15F4NO. The molecule has 1 N–H and O–H groups in total. The Morgan fingerprint density at radius 3 is 2.17 bits per heavy atom. The van der Waals surface area contributed by atoms with Crippen molar-refractivity contribution in [2.75, 3.05) is 13.7 Å². The molecule has 102 valence electrons. The molecule has 1 aromatic carbocycles. The molecule has 0 saturated carbocycles. The maximum Gasteiger partial charge on any atom is 0.326 e. The van der Waals surface area contributed by atoms with Crippen molar-refractivity contribution in [1.82, 2.24) is 5.32 Å². The van der Waals surface area contributed by atoms with E-state index in [2.05, 4.69) is 5.32 Å². The Balaban J connectivity index is 2.95. The van der Waals surface area contributed by atoms with Gasteiger partial charge in [-0.1, -0.05) is 12.1 Å². The Bertz CT molecular complexity index is 367. The first kappa shape index (κ1) is 14.8. The molecule has 0 bridgehead atoms. The first-order valence-electron chi connectivity index (χ1n) is 5.49. The zero-order valence-corrected chi connectivity index (χ0v) is 10.1. The highest BCUT2D eigenvalue weighted by atomic mass is 19.3. The number of benzene rings is 1. The van der Waals surface area contributed by atoms with Crippen molar-refractivity contribution in [1.29, 1.82) is 0 Å². The summed E-state index contributed by atoms with van der Waals surface area (Å²) in [7, 11) is 1.22. The molecule has 0 heterocycles. The van der Waals surface area contributed by atoms with Crippen LogP contribution in [-0.2, 0) is 0 Å². The van der Waals surface area contributed by atoms with E-state index in [4.69, 9.17) is 4.74 Å². The second kappa shape index (κ2) is 6.04. The molecule has 0 fully saturated rings. The molecule has 0 aliphatic heterocycles. The van der Waals surface area contributed by atoms with E-state index in [9.17, 15) is 17.6 Å². The van der Waals surface area contributed by atoms with Gasteiger partial charge < -0.3 is 10.1 Å². The Morgan fingerprint density at radius 2 is 1.78 bits per heavy atom. The second-order valence-corrected chi connectivity index (χ2v) is 3.70. The van der Waals surface area contributed by atoms with E-state index in [1.807, 2.05) is 0 Å². The van der Waals surface area contributed by atoms with E-state index in [0.29, 0.717) is 12.4 Å². The van der Waals surface area contributed by atoms with Crippen molar-refractivity contribution in [3.8, 4) is 5.75 Å². The van der Waals surface area contributed by atoms with Gasteiger partial charge in [-0.15, -0.1) is 0 Å². The van der Waals surface area contributed by atoms with Crippen molar-refractivity contribution in [2.45, 2.75) is 25.3 Å². The molecule has 2 nitrogen and oxygen atoms in total. The van der Waals surface area contributed by atoms with E-state index in [-0.39, 0.29) is 5.56 Å². The van der Waals surface area contributed by atoms with Crippen molar-refractivity contribution in [3.05, 3.63) is 29.8 Å². The molecule has 1 rings (SSSR count). The summed E-state index contributed by atoms with van der Waals surface area (Å²) in [6, 6.07) is 3.92. The maximum atomic E-state index is 13.3. The summed E-state index contributed by atoms with van der Waals surface area (Å²) >= 11 is 0. The van der Waals surface area contributed by atoms with Crippen LogP contribution in [0.5, 0.6) is 5.75 Å². The first-order valence-corrected chi connectivity index (χ1v) is 5.49. The average molecular weight is 265 g/mol. The van der Waals surface area contributed by atoms with Gasteiger partial charge in [-0.05, 0) is 31.7 Å². The predicted octanol–water partition coefficient (Wildman–Crippen LogP) is 3.25. The van der Waals surface area contributed by atoms with Gasteiger partial charge in [0.1, 0.15) is 11.8 Å². The molecule has 0 amide bonds. The summed E-state index contributed by atoms with van der Waals surface area (Å²) in [5, 5.41) is 2.22. The molecule has 1 unspecified atom stereocenters. The summed E-state index contributed by atoms with van der Waals surface area (Å²) in [6.07, 6.45) is -3.72. The van der Waals surface area contributed by atoms with Crippen molar-refractivity contribution >= 4 is 0 Å². The fourth-order valence-corrected chi connectivity index (χ4v) is 1.63. The molecule has 1 atom stereocenters. The molecule has 0 aromatic heterocycles. The number of hydrogen-bond donors (Lipinski definition) is 1. The normalized spacial score (nSPS) is 13.7. The Labute approximate surface area is 103 Å². The van der Waals surface area contributed by atoms with E-state index in [0.717, 1.165) is 0 Å². The number of alkyl halides is 4. The Kier molecular flexibility index (Phi) is 4.95. The fraction of sp³-hybridized carbons (Fsp3) is 0.500. The summed E-state index contributed by atoms with van der Waals surface area (Å²) in [5.41, 5.74) is 0.0891. The molecule has 18 heavy (non-hydrogen) atoms. The molecule has 0 radical (unpaired) electrons. The third kappa shape index (κ3) is 3.13. The maximum absolute atomic E-state index is 13.3. The van der Waals surface area contributed by atoms with Gasteiger partial charge >= 0.3 is 12.3 Å². The highest BCUT2D eigenvalue weighted by Crippen LogP contribution is 2.36. The second-order valence-electron chi connectivity index (χ2n) is 3.70. The molecule has 0 aliphatic rings. The number of nitrogens with one attached hydrogen (secondary N) is 1. The molecule has 0 aliphatic carbocycles. The van der Waals surface area contributed by atoms with Gasteiger partial charge in [0.25, 0.3) is 0 Å². The van der Waals surface area contributed by atoms with Gasteiger partial charge in [0.2, 0.25) is 0 Å². The monoisotopic (exact) mass is 265 g/mol. The van der Waals surface area contributed by atoms with Crippen LogP contribution in [0.1, 0.15) is 18.5 Å². The Morgan fingerprint density at radius 1 is 1.22 bits per heavy atom. The predicted molar refractivity (Wildman–Crippen MR) is 60.4 cm³/mol. The number of rotatable bonds is 6. The van der Waals surface area contributed by atoms with Crippen molar-refractivity contribution in [2.24, 2.45) is 0 Å². The summed E-state index contributed by atoms with van der Waals surface area (Å²) in [5.74, 6) is -3.61. The number of halogens is 4. The van der Waals surface area contributed by atoms with E-state index >= 15 is 0 Å². The van der Waals surface area contributed by atoms with Gasteiger partial charge in [-0.25, -0.2) is 8.78 Å². The topological polar surface area (TPSA) is 21.3 Å². The SMILES string of the molecule is CCOc1ccc(C(NC)C(F)(F)C(F)F)cc1. The largest absolute Gasteiger partial charge is 0.494 e. The van der Waals surface area contributed by atoms with Crippen LogP contribution in [0.4, 0.5) is 17.6 Å². The van der Waals surface area contributed by atoms with Gasteiger partial charge in [-0.2, -0.15) is 8.78 Å². The zero-order chi connectivity index (χ0) is 13.8. The first-order chi connectivity index (χ1) is 8.43. The van der Waals surface area contributed by atoms with Crippen LogP contribution >= 0.6 is 0 Å². The van der Waals surface area contributed by atoms with Crippen LogP contribution in [-0.4, -0.2) is 26.0 Å². The van der Waals surface area contributed by atoms with Crippen LogP contribution in [0, 0.1) is 0 Å². The van der Waals surface area contributed by atoms with Gasteiger partial charge in [0.15, 0.2) is 0 Å². The smallest absolute Gasteiger partial charge is 0.326 e. The standard InChI is InChI=1S/C12H15F4NO/c1-3-18-9-6-4-8(5-7-9)10(17-2)12(15,16)11(13)14/h4-7,10-11,17H,3H2,1-2H3. The zero-order valence-electron chi connectivity index (χ0n) is 10.1. The summed E-state index contributed by atoms with van der Waals surface area (Å²) in [6.45, 7) is 2.23. The Hall–Kier alpha value is -1.30. The fourth-order valence-electron chi connectivity index (χ4n) is 1.63. The van der Waals surface area contributed by atoms with Crippen molar-refractivity contribution < 1.29 is 22.3 Å². The summed E-state index contributed by atoms with van der Waals surface area (Å²) < 4.78 is 56.4. The third-order valence-corrected chi connectivity index (χ3v) is 2.49. The average Bonchev–Trinajstić information content (AvgIpc) is 2.32. The van der Waals surface area contributed by atoms with Crippen LogP contribution in [0.3, 0.4) is 0 Å². The third-order valence-electron chi connectivity index (χ3n) is 2.49.